The van der Waals surface area contributed by atoms with Crippen molar-refractivity contribution in [2.75, 3.05) is 13.1 Å². The molecular weight excluding hydrogens is 268 g/mol. The maximum absolute atomic E-state index is 12.8. The Bertz CT molecular complexity index is 353. The minimum Gasteiger partial charge on any atom is -0.357 e. The monoisotopic (exact) mass is 300 g/mol. The van der Waals surface area contributed by atoms with Crippen LogP contribution in [0.25, 0.3) is 0 Å². The molecule has 0 radical (unpaired) electrons. The summed E-state index contributed by atoms with van der Waals surface area (Å²) in [5, 5.41) is 3.26. The first-order chi connectivity index (χ1) is 9.72. The highest BCUT2D eigenvalue weighted by molar-refractivity contribution is 5.92. The third-order valence-corrected chi connectivity index (χ3v) is 4.51. The van der Waals surface area contributed by atoms with E-state index in [0.29, 0.717) is 32.4 Å². The van der Waals surface area contributed by atoms with Gasteiger partial charge in [0, 0.05) is 13.1 Å². The largest absolute Gasteiger partial charge is 0.357 e. The van der Waals surface area contributed by atoms with Crippen molar-refractivity contribution in [3.63, 3.8) is 0 Å². The van der Waals surface area contributed by atoms with Gasteiger partial charge in [-0.15, -0.1) is 0 Å². The Morgan fingerprint density at radius 2 is 1.71 bits per heavy atom. The molecule has 0 rings (SSSR count). The van der Waals surface area contributed by atoms with Crippen LogP contribution in [0, 0.1) is 0 Å². The number of carbonyl (C=O) groups is 2. The number of nitrogens with two attached hydrogens (primary N) is 1. The molecule has 2 atom stereocenters. The van der Waals surface area contributed by atoms with Gasteiger partial charge in [-0.3, -0.25) is 9.59 Å². The van der Waals surface area contributed by atoms with Crippen LogP contribution in [0.3, 0.4) is 0 Å². The highest BCUT2D eigenvalue weighted by Gasteiger charge is 2.40. The minimum atomic E-state index is -0.907. The molecular formula is C16H32N2O3. The van der Waals surface area contributed by atoms with Gasteiger partial charge in [-0.1, -0.05) is 20.8 Å². The maximum atomic E-state index is 12.8. The van der Waals surface area contributed by atoms with Gasteiger partial charge in [0.2, 0.25) is 0 Å². The molecule has 124 valence electrons. The molecule has 0 heterocycles. The lowest BCUT2D eigenvalue weighted by Gasteiger charge is -2.36. The zero-order valence-corrected chi connectivity index (χ0v) is 14.4. The van der Waals surface area contributed by atoms with Gasteiger partial charge in [0.05, 0.1) is 5.54 Å². The summed E-state index contributed by atoms with van der Waals surface area (Å²) in [4.78, 5) is 24.6. The molecule has 0 aromatic heterocycles. The van der Waals surface area contributed by atoms with Crippen molar-refractivity contribution >= 4 is 11.6 Å². The zero-order chi connectivity index (χ0) is 16.7. The van der Waals surface area contributed by atoms with Crippen molar-refractivity contribution in [2.45, 2.75) is 78.0 Å². The molecule has 0 aliphatic heterocycles. The fourth-order valence-electron chi connectivity index (χ4n) is 2.50. The fraction of sp³-hybridized carbons (Fsp3) is 0.875. The van der Waals surface area contributed by atoms with E-state index in [9.17, 15) is 9.59 Å². The maximum Gasteiger partial charge on any atom is 0.181 e. The molecule has 0 bridgehead atoms. The molecule has 21 heavy (non-hydrogen) atoms. The van der Waals surface area contributed by atoms with Gasteiger partial charge in [-0.05, 0) is 40.0 Å². The number of nitrogens with one attached hydrogen (secondary N) is 1. The highest BCUT2D eigenvalue weighted by atomic mass is 16.5. The SMILES string of the molecule is CCC(CC)(NCCN)C(=O)C(C)OC(C)(CC)C(C)=O. The van der Waals surface area contributed by atoms with Crippen LogP contribution in [0.5, 0.6) is 0 Å². The van der Waals surface area contributed by atoms with Gasteiger partial charge in [-0.25, -0.2) is 0 Å². The first-order valence-electron chi connectivity index (χ1n) is 7.91. The van der Waals surface area contributed by atoms with E-state index in [4.69, 9.17) is 10.5 Å². The molecule has 0 fully saturated rings. The molecule has 3 N–H and O–H groups in total. The van der Waals surface area contributed by atoms with Crippen LogP contribution in [0.1, 0.15) is 60.8 Å². The van der Waals surface area contributed by atoms with Crippen molar-refractivity contribution in [1.29, 1.82) is 0 Å². The zero-order valence-electron chi connectivity index (χ0n) is 14.4. The molecule has 0 saturated heterocycles. The lowest BCUT2D eigenvalue weighted by molar-refractivity contribution is -0.158. The molecule has 0 saturated carbocycles. The first kappa shape index (κ1) is 20.2. The van der Waals surface area contributed by atoms with Gasteiger partial charge in [0.15, 0.2) is 11.6 Å². The average Bonchev–Trinajstić information content (AvgIpc) is 2.48. The van der Waals surface area contributed by atoms with Crippen LogP contribution >= 0.6 is 0 Å². The number of Topliss-reactive ketones (excluding diaryl/α,β-unsaturated/α-hetero) is 2. The van der Waals surface area contributed by atoms with E-state index in [1.807, 2.05) is 20.8 Å². The number of carbonyl (C=O) groups excluding carboxylic acids is 2. The van der Waals surface area contributed by atoms with Crippen LogP contribution < -0.4 is 11.1 Å². The summed E-state index contributed by atoms with van der Waals surface area (Å²) in [6.07, 6.45) is 1.24. The van der Waals surface area contributed by atoms with Gasteiger partial charge in [-0.2, -0.15) is 0 Å². The van der Waals surface area contributed by atoms with E-state index < -0.39 is 17.2 Å². The fourth-order valence-corrected chi connectivity index (χ4v) is 2.50. The molecule has 5 heteroatoms. The van der Waals surface area contributed by atoms with Crippen LogP contribution in [-0.2, 0) is 14.3 Å². The number of hydrogen-bond acceptors (Lipinski definition) is 5. The van der Waals surface area contributed by atoms with Gasteiger partial charge < -0.3 is 15.8 Å². The summed E-state index contributed by atoms with van der Waals surface area (Å²) in [5.74, 6) is -0.0694. The smallest absolute Gasteiger partial charge is 0.181 e. The van der Waals surface area contributed by atoms with E-state index in [2.05, 4.69) is 5.32 Å². The average molecular weight is 300 g/mol. The Labute approximate surface area is 129 Å². The normalized spacial score (nSPS) is 16.3. The Morgan fingerprint density at radius 1 is 1.19 bits per heavy atom. The predicted molar refractivity (Wildman–Crippen MR) is 85.3 cm³/mol. The second kappa shape index (κ2) is 8.61. The summed E-state index contributed by atoms with van der Waals surface area (Å²) in [6.45, 7) is 11.9. The second-order valence-electron chi connectivity index (χ2n) is 5.77. The van der Waals surface area contributed by atoms with Crippen molar-refractivity contribution in [3.8, 4) is 0 Å². The highest BCUT2D eigenvalue weighted by Crippen LogP contribution is 2.24. The van der Waals surface area contributed by atoms with E-state index in [-0.39, 0.29) is 11.6 Å². The third-order valence-electron chi connectivity index (χ3n) is 4.51. The van der Waals surface area contributed by atoms with E-state index in [1.165, 1.54) is 6.92 Å². The molecule has 0 aromatic carbocycles. The van der Waals surface area contributed by atoms with Crippen molar-refractivity contribution in [3.05, 3.63) is 0 Å². The molecule has 0 spiro atoms. The Kier molecular flexibility index (Phi) is 8.29. The van der Waals surface area contributed by atoms with Crippen LogP contribution in [0.2, 0.25) is 0 Å². The summed E-state index contributed by atoms with van der Waals surface area (Å²) >= 11 is 0. The van der Waals surface area contributed by atoms with Crippen molar-refractivity contribution in [1.82, 2.24) is 5.32 Å². The summed E-state index contributed by atoms with van der Waals surface area (Å²) < 4.78 is 5.83. The van der Waals surface area contributed by atoms with Gasteiger partial charge in [0.1, 0.15) is 11.7 Å². The predicted octanol–water partition coefficient (Wildman–Crippen LogP) is 1.83. The molecule has 2 unspecified atom stereocenters. The Balaban J connectivity index is 5.13. The van der Waals surface area contributed by atoms with E-state index in [0.717, 1.165) is 0 Å². The van der Waals surface area contributed by atoms with E-state index in [1.54, 1.807) is 13.8 Å². The number of hydrogen-bond donors (Lipinski definition) is 2. The standard InChI is InChI=1S/C16H32N2O3/c1-7-15(6,13(5)19)21-12(4)14(20)16(8-2,9-3)18-11-10-17/h12,18H,7-11,17H2,1-6H3. The van der Waals surface area contributed by atoms with Crippen LogP contribution in [-0.4, -0.2) is 41.9 Å². The molecule has 5 nitrogen and oxygen atoms in total. The second-order valence-corrected chi connectivity index (χ2v) is 5.77. The van der Waals surface area contributed by atoms with E-state index >= 15 is 0 Å². The quantitative estimate of drug-likeness (QED) is 0.608. The topological polar surface area (TPSA) is 81.4 Å². The lowest BCUT2D eigenvalue weighted by Crippen LogP contribution is -2.57. The first-order valence-corrected chi connectivity index (χ1v) is 7.91. The number of ether oxygens (including phenoxy) is 1. The Hall–Kier alpha value is -0.780. The van der Waals surface area contributed by atoms with Crippen LogP contribution in [0.15, 0.2) is 0 Å². The third kappa shape index (κ3) is 4.87. The lowest BCUT2D eigenvalue weighted by atomic mass is 9.85. The van der Waals surface area contributed by atoms with Gasteiger partial charge >= 0.3 is 0 Å². The molecule has 0 aliphatic rings. The summed E-state index contributed by atoms with van der Waals surface area (Å²) in [6, 6.07) is 0. The molecule has 0 aromatic rings. The molecule has 0 aliphatic carbocycles. The number of ketones is 2. The van der Waals surface area contributed by atoms with Gasteiger partial charge in [0.25, 0.3) is 0 Å². The minimum absolute atomic E-state index is 0.0122. The Morgan fingerprint density at radius 3 is 2.05 bits per heavy atom. The number of rotatable bonds is 11. The van der Waals surface area contributed by atoms with Crippen LogP contribution in [0.4, 0.5) is 0 Å². The summed E-state index contributed by atoms with van der Waals surface area (Å²) in [7, 11) is 0. The van der Waals surface area contributed by atoms with Crippen molar-refractivity contribution < 1.29 is 14.3 Å². The summed E-state index contributed by atoms with van der Waals surface area (Å²) in [5.41, 5.74) is 3.99. The van der Waals surface area contributed by atoms with Crippen molar-refractivity contribution in [2.24, 2.45) is 5.73 Å². The molecule has 0 amide bonds.